The molecule has 8 heterocycles. The van der Waals surface area contributed by atoms with Gasteiger partial charge in [0.25, 0.3) is 0 Å². The average Bonchev–Trinajstić information content (AvgIpc) is 1.95. The van der Waals surface area contributed by atoms with Crippen molar-refractivity contribution in [1.29, 1.82) is 0 Å². The molecular formula is C82H74N4. The van der Waals surface area contributed by atoms with E-state index >= 15 is 0 Å². The van der Waals surface area contributed by atoms with Crippen molar-refractivity contribution in [3.8, 4) is 0 Å². The third kappa shape index (κ3) is 10.2. The van der Waals surface area contributed by atoms with Crippen LogP contribution in [0.15, 0.2) is 228 Å². The van der Waals surface area contributed by atoms with Gasteiger partial charge in [0, 0.05) is 50.3 Å². The largest absolute Gasteiger partial charge is 0.358 e. The minimum Gasteiger partial charge on any atom is -0.358 e. The van der Waals surface area contributed by atoms with Gasteiger partial charge in [-0.2, -0.15) is 0 Å². The molecule has 86 heavy (non-hydrogen) atoms. The summed E-state index contributed by atoms with van der Waals surface area (Å²) in [6.45, 7) is 26.8. The van der Waals surface area contributed by atoms with Crippen LogP contribution >= 0.6 is 0 Å². The number of aliphatic imine (C=N–C) groups is 2. The number of allylic oxidation sites excluding steroid dienone is 4. The van der Waals surface area contributed by atoms with Crippen LogP contribution in [-0.2, 0) is 0 Å². The van der Waals surface area contributed by atoms with Gasteiger partial charge in [0.15, 0.2) is 0 Å². The van der Waals surface area contributed by atoms with E-state index in [1.807, 2.05) is 0 Å². The van der Waals surface area contributed by atoms with Gasteiger partial charge in [-0.1, -0.05) is 180 Å². The second-order valence-corrected chi connectivity index (χ2v) is 24.6. The Morgan fingerprint density at radius 3 is 1.24 bits per heavy atom. The van der Waals surface area contributed by atoms with E-state index in [1.165, 1.54) is 100 Å². The molecule has 0 fully saturated rings. The molecule has 16 rings (SSSR count). The lowest BCUT2D eigenvalue weighted by molar-refractivity contribution is 0.906. The van der Waals surface area contributed by atoms with E-state index in [0.717, 1.165) is 89.4 Å². The second kappa shape index (κ2) is 22.4. The fourth-order valence-electron chi connectivity index (χ4n) is 14.8. The normalized spacial score (nSPS) is 17.3. The zero-order chi connectivity index (χ0) is 59.7. The molecule has 0 saturated heterocycles. The highest BCUT2D eigenvalue weighted by Gasteiger charge is 2.30. The highest BCUT2D eigenvalue weighted by atomic mass is 14.8. The summed E-state index contributed by atoms with van der Waals surface area (Å²) >= 11 is 0. The van der Waals surface area contributed by atoms with E-state index in [0.29, 0.717) is 0 Å². The van der Waals surface area contributed by atoms with Crippen molar-refractivity contribution >= 4 is 33.7 Å². The van der Waals surface area contributed by atoms with Crippen molar-refractivity contribution < 1.29 is 0 Å². The van der Waals surface area contributed by atoms with Gasteiger partial charge in [0.2, 0.25) is 0 Å². The number of aryl methyl sites for hydroxylation is 12. The number of H-pyrrole nitrogens is 2. The van der Waals surface area contributed by atoms with Crippen LogP contribution in [0.1, 0.15) is 146 Å². The highest BCUT2D eigenvalue weighted by molar-refractivity contribution is 6.30. The minimum atomic E-state index is -0.141. The fraction of sp³-hybridized carbons (Fsp3) is 0.171. The number of benzene rings is 8. The van der Waals surface area contributed by atoms with Crippen LogP contribution < -0.4 is 10.7 Å². The molecule has 12 bridgehead atoms. The molecule has 8 aromatic carbocycles. The molecule has 2 unspecified atom stereocenters. The number of aromatic nitrogens is 2. The molecule has 4 nitrogen and oxygen atoms in total. The summed E-state index contributed by atoms with van der Waals surface area (Å²) in [5.41, 5.74) is 37.1. The van der Waals surface area contributed by atoms with Gasteiger partial charge in [-0.05, 0) is 232 Å². The predicted octanol–water partition coefficient (Wildman–Crippen LogP) is 18.1. The summed E-state index contributed by atoms with van der Waals surface area (Å²) in [6, 6.07) is 68.0. The van der Waals surface area contributed by atoms with Gasteiger partial charge in [-0.3, -0.25) is 4.99 Å². The molecule has 2 atom stereocenters. The van der Waals surface area contributed by atoms with E-state index < -0.39 is 0 Å². The lowest BCUT2D eigenvalue weighted by Crippen LogP contribution is -2.20. The summed E-state index contributed by atoms with van der Waals surface area (Å²) in [6.07, 6.45) is 8.96. The first-order chi connectivity index (χ1) is 41.6. The van der Waals surface area contributed by atoms with Gasteiger partial charge in [-0.25, -0.2) is 4.99 Å². The Labute approximate surface area is 507 Å². The van der Waals surface area contributed by atoms with Crippen molar-refractivity contribution in [1.82, 2.24) is 9.97 Å². The average molecular weight is 1120 g/mol. The number of hydrogen-bond acceptors (Lipinski definition) is 2. The molecule has 422 valence electrons. The van der Waals surface area contributed by atoms with Gasteiger partial charge in [0.05, 0.1) is 28.7 Å². The number of hydrogen-bond donors (Lipinski definition) is 2. The molecule has 2 N–H and O–H groups in total. The Kier molecular flexibility index (Phi) is 14.5. The molecule has 6 aliphatic heterocycles. The molecular weight excluding hydrogens is 1040 g/mol. The SMILES string of the molecule is Cc1cc(C)c(C2=C3C=CC(=N3)C(c3ccccc3)=c3cc/c([nH]3)=C(\c3c(C)cc(C)cc3C)c3ccc(cc3)C(c3c(C)cc(C)cc3C)C3=N/C(=C(/c4ccccc4)c4ccc([nH]4)C(c4c(C)cc(C)cc4C)c4ccc2cc4)C=C3)c(C)c1. The van der Waals surface area contributed by atoms with Gasteiger partial charge < -0.3 is 9.97 Å². The van der Waals surface area contributed by atoms with Crippen LogP contribution in [0, 0.1) is 83.1 Å². The summed E-state index contributed by atoms with van der Waals surface area (Å²) in [7, 11) is 0. The first-order valence-corrected chi connectivity index (χ1v) is 30.4. The maximum absolute atomic E-state index is 5.77. The van der Waals surface area contributed by atoms with Crippen molar-refractivity contribution in [2.24, 2.45) is 9.98 Å². The van der Waals surface area contributed by atoms with Gasteiger partial charge in [0.1, 0.15) is 0 Å². The maximum atomic E-state index is 5.77. The van der Waals surface area contributed by atoms with Crippen molar-refractivity contribution in [2.45, 2.75) is 94.9 Å². The lowest BCUT2D eigenvalue weighted by Gasteiger charge is -2.24. The standard InChI is InChI=1S/C82H74N4/c1-47-39-51(5)73(52(6)40-47)79-61-23-25-62(26-24-61)80(74-53(7)41-48(2)42-54(74)8)70-37-33-67(85-70)78(60-21-17-14-18-22-60)68-34-38-72(86-68)82(76-57(11)45-50(4)46-58(76)12)64-29-27-63(28-30-64)81(75-55(9)43-49(3)44-56(75)10)71-36-32-66(84-71)77(59-19-15-13-16-20-59)65-31-35-69(79)83-65/h13-46,79,81,83,86H,1-12H3/b77-66-,78-68?,80-70?,82-72+. The smallest absolute Gasteiger partial charge is 0.0737 e. The van der Waals surface area contributed by atoms with Crippen molar-refractivity contribution in [3.63, 3.8) is 0 Å². The molecule has 4 heteroatoms. The van der Waals surface area contributed by atoms with Crippen LogP contribution in [0.4, 0.5) is 0 Å². The molecule has 2 aromatic heterocycles. The number of nitrogens with zero attached hydrogens (tertiary/aromatic N) is 2. The van der Waals surface area contributed by atoms with E-state index in [1.54, 1.807) is 0 Å². The Balaban J connectivity index is 1.13. The topological polar surface area (TPSA) is 56.3 Å². The Bertz CT molecular complexity index is 4620. The first-order valence-electron chi connectivity index (χ1n) is 30.4. The predicted molar refractivity (Wildman–Crippen MR) is 361 cm³/mol. The summed E-state index contributed by atoms with van der Waals surface area (Å²) < 4.78 is 0. The first kappa shape index (κ1) is 55.5. The van der Waals surface area contributed by atoms with Crippen LogP contribution in [0.2, 0.25) is 0 Å². The number of rotatable bonds is 6. The Morgan fingerprint density at radius 1 is 0.314 bits per heavy atom. The van der Waals surface area contributed by atoms with Crippen molar-refractivity contribution in [3.05, 3.63) is 362 Å². The second-order valence-electron chi connectivity index (χ2n) is 24.6. The van der Waals surface area contributed by atoms with Crippen LogP contribution in [0.5, 0.6) is 0 Å². The summed E-state index contributed by atoms with van der Waals surface area (Å²) in [4.78, 5) is 19.6. The van der Waals surface area contributed by atoms with Crippen LogP contribution in [0.25, 0.3) is 22.3 Å². The quantitative estimate of drug-likeness (QED) is 0.167. The molecule has 0 amide bonds. The van der Waals surface area contributed by atoms with E-state index in [2.05, 4.69) is 299 Å². The molecule has 0 aliphatic carbocycles. The van der Waals surface area contributed by atoms with E-state index in [4.69, 9.17) is 9.98 Å². The number of nitrogens with one attached hydrogen (secondary N) is 2. The molecule has 0 saturated carbocycles. The number of aromatic amines is 2. The molecule has 6 aliphatic rings. The third-order valence-electron chi connectivity index (χ3n) is 18.0. The molecule has 0 radical (unpaired) electrons. The maximum Gasteiger partial charge on any atom is 0.0737 e. The Morgan fingerprint density at radius 2 is 0.721 bits per heavy atom. The molecule has 10 aromatic rings. The van der Waals surface area contributed by atoms with E-state index in [-0.39, 0.29) is 11.8 Å². The fourth-order valence-corrected chi connectivity index (χ4v) is 14.8. The zero-order valence-electron chi connectivity index (χ0n) is 51.7. The monoisotopic (exact) mass is 1110 g/mol. The Hall–Kier alpha value is -9.64. The summed E-state index contributed by atoms with van der Waals surface area (Å²) in [5.74, 6) is -0.241. The lowest BCUT2D eigenvalue weighted by atomic mass is 9.81. The third-order valence-corrected chi connectivity index (χ3v) is 18.0. The highest BCUT2D eigenvalue weighted by Crippen LogP contribution is 2.43. The summed E-state index contributed by atoms with van der Waals surface area (Å²) in [5, 5.41) is 2.04. The van der Waals surface area contributed by atoms with Gasteiger partial charge in [-0.15, -0.1) is 0 Å². The van der Waals surface area contributed by atoms with Gasteiger partial charge >= 0.3 is 0 Å². The van der Waals surface area contributed by atoms with Crippen LogP contribution in [0.3, 0.4) is 0 Å². The van der Waals surface area contributed by atoms with E-state index in [9.17, 15) is 0 Å². The zero-order valence-corrected chi connectivity index (χ0v) is 51.7. The molecule has 0 spiro atoms. The van der Waals surface area contributed by atoms with Crippen molar-refractivity contribution in [2.75, 3.05) is 0 Å². The van der Waals surface area contributed by atoms with Crippen LogP contribution in [-0.4, -0.2) is 21.4 Å². The minimum absolute atomic E-state index is 0.0997.